The summed E-state index contributed by atoms with van der Waals surface area (Å²) in [5, 5.41) is 10.9. The van der Waals surface area contributed by atoms with E-state index < -0.39 is 12.1 Å². The number of rotatable bonds is 3. The molecule has 0 atom stereocenters. The van der Waals surface area contributed by atoms with Crippen molar-refractivity contribution in [2.24, 2.45) is 0 Å². The Labute approximate surface area is 82.9 Å². The van der Waals surface area contributed by atoms with E-state index in [-0.39, 0.29) is 17.4 Å². The predicted molar refractivity (Wildman–Crippen MR) is 47.3 cm³/mol. The Kier molecular flexibility index (Phi) is 3.35. The summed E-state index contributed by atoms with van der Waals surface area (Å²) in [4.78, 5) is 24.7. The van der Waals surface area contributed by atoms with Gasteiger partial charge in [-0.25, -0.2) is 9.78 Å². The van der Waals surface area contributed by atoms with E-state index in [2.05, 4.69) is 19.4 Å². The zero-order valence-electron chi connectivity index (χ0n) is 7.18. The minimum atomic E-state index is -1.02. The molecule has 0 bridgehead atoms. The van der Waals surface area contributed by atoms with E-state index in [0.29, 0.717) is 0 Å². The largest absolute Gasteiger partial charge is 0.481 e. The van der Waals surface area contributed by atoms with Crippen molar-refractivity contribution in [2.75, 3.05) is 12.4 Å². The van der Waals surface area contributed by atoms with Gasteiger partial charge in [0.25, 0.3) is 0 Å². The number of carboxylic acids is 1. The maximum Gasteiger partial charge on any atom is 0.413 e. The summed E-state index contributed by atoms with van der Waals surface area (Å²) >= 11 is 0.899. The molecule has 0 unspecified atom stereocenters. The van der Waals surface area contributed by atoms with Gasteiger partial charge in [0.1, 0.15) is 6.42 Å². The molecular weight excluding hydrogens is 210 g/mol. The van der Waals surface area contributed by atoms with Crippen LogP contribution in [-0.2, 0) is 16.0 Å². The lowest BCUT2D eigenvalue weighted by Crippen LogP contribution is -2.10. The van der Waals surface area contributed by atoms with Crippen LogP contribution in [0.4, 0.5) is 9.93 Å². The Hall–Kier alpha value is -1.70. The number of carbonyl (C=O) groups excluding carboxylic acids is 1. The molecule has 1 rings (SSSR count). The summed E-state index contributed by atoms with van der Waals surface area (Å²) in [7, 11) is 1.22. The van der Waals surface area contributed by atoms with Crippen molar-refractivity contribution in [3.63, 3.8) is 0 Å². The predicted octanol–water partition coefficient (Wildman–Crippen LogP) is 0.343. The van der Waals surface area contributed by atoms with Crippen molar-refractivity contribution in [1.29, 1.82) is 0 Å². The second kappa shape index (κ2) is 4.51. The monoisotopic (exact) mass is 217 g/mol. The highest BCUT2D eigenvalue weighted by atomic mass is 32.1. The van der Waals surface area contributed by atoms with Crippen LogP contribution >= 0.6 is 11.5 Å². The van der Waals surface area contributed by atoms with Gasteiger partial charge >= 0.3 is 12.1 Å². The summed E-state index contributed by atoms with van der Waals surface area (Å²) < 4.78 is 8.04. The van der Waals surface area contributed by atoms with Gasteiger partial charge in [0, 0.05) is 11.5 Å². The van der Waals surface area contributed by atoms with Gasteiger partial charge in [-0.05, 0) is 0 Å². The number of hydrogen-bond acceptors (Lipinski definition) is 6. The average molecular weight is 217 g/mol. The van der Waals surface area contributed by atoms with Crippen molar-refractivity contribution in [3.8, 4) is 0 Å². The molecule has 7 nitrogen and oxygen atoms in total. The molecule has 0 radical (unpaired) electrons. The number of carbonyl (C=O) groups is 2. The molecular formula is C6H7N3O4S. The minimum absolute atomic E-state index is 0.161. The fourth-order valence-electron chi connectivity index (χ4n) is 0.650. The van der Waals surface area contributed by atoms with Gasteiger partial charge in [-0.1, -0.05) is 0 Å². The molecule has 0 spiro atoms. The van der Waals surface area contributed by atoms with Crippen LogP contribution in [0.3, 0.4) is 0 Å². The lowest BCUT2D eigenvalue weighted by atomic mass is 10.4. The van der Waals surface area contributed by atoms with E-state index in [0.717, 1.165) is 11.5 Å². The number of nitrogens with one attached hydrogen (secondary N) is 1. The van der Waals surface area contributed by atoms with Crippen molar-refractivity contribution in [3.05, 3.63) is 5.82 Å². The third kappa shape index (κ3) is 2.98. The second-order valence-corrected chi connectivity index (χ2v) is 2.95. The van der Waals surface area contributed by atoms with E-state index in [1.165, 1.54) is 7.11 Å². The van der Waals surface area contributed by atoms with Crippen molar-refractivity contribution in [2.45, 2.75) is 6.42 Å². The second-order valence-electron chi connectivity index (χ2n) is 2.20. The summed E-state index contributed by atoms with van der Waals surface area (Å²) in [5.74, 6) is -0.860. The van der Waals surface area contributed by atoms with Gasteiger partial charge in [0.05, 0.1) is 7.11 Å². The summed E-state index contributed by atoms with van der Waals surface area (Å²) in [6.07, 6.45) is -0.928. The molecule has 0 aliphatic heterocycles. The van der Waals surface area contributed by atoms with Crippen LogP contribution in [0, 0.1) is 0 Å². The average Bonchev–Trinajstić information content (AvgIpc) is 2.51. The summed E-state index contributed by atoms with van der Waals surface area (Å²) in [5.41, 5.74) is 0. The molecule has 1 aromatic heterocycles. The number of carboxylic acid groups (broad SMARTS) is 1. The number of ether oxygens (including phenoxy) is 1. The zero-order chi connectivity index (χ0) is 10.6. The van der Waals surface area contributed by atoms with Gasteiger partial charge in [-0.2, -0.15) is 4.37 Å². The van der Waals surface area contributed by atoms with Crippen LogP contribution in [0.2, 0.25) is 0 Å². The number of amides is 1. The molecule has 0 aliphatic rings. The highest BCUT2D eigenvalue weighted by Crippen LogP contribution is 2.11. The molecule has 1 aromatic rings. The van der Waals surface area contributed by atoms with E-state index >= 15 is 0 Å². The Morgan fingerprint density at radius 1 is 1.64 bits per heavy atom. The van der Waals surface area contributed by atoms with Crippen molar-refractivity contribution >= 4 is 28.7 Å². The lowest BCUT2D eigenvalue weighted by Gasteiger charge is -1.95. The fourth-order valence-corrected chi connectivity index (χ4v) is 1.22. The Balaban J connectivity index is 2.59. The fraction of sp³-hybridized carbons (Fsp3) is 0.333. The van der Waals surface area contributed by atoms with Crippen LogP contribution < -0.4 is 5.32 Å². The number of anilines is 1. The minimum Gasteiger partial charge on any atom is -0.481 e. The van der Waals surface area contributed by atoms with Crippen LogP contribution in [0.25, 0.3) is 0 Å². The van der Waals surface area contributed by atoms with Gasteiger partial charge in [-0.15, -0.1) is 0 Å². The number of hydrogen-bond donors (Lipinski definition) is 2. The summed E-state index contributed by atoms with van der Waals surface area (Å²) in [6.45, 7) is 0. The molecule has 76 valence electrons. The van der Waals surface area contributed by atoms with Crippen molar-refractivity contribution in [1.82, 2.24) is 9.36 Å². The van der Waals surface area contributed by atoms with Crippen LogP contribution in [0.5, 0.6) is 0 Å². The first kappa shape index (κ1) is 10.4. The normalized spacial score (nSPS) is 9.50. The third-order valence-corrected chi connectivity index (χ3v) is 1.84. The van der Waals surface area contributed by atoms with Gasteiger partial charge < -0.3 is 9.84 Å². The zero-order valence-corrected chi connectivity index (χ0v) is 8.00. The van der Waals surface area contributed by atoms with Gasteiger partial charge in [0.15, 0.2) is 5.82 Å². The van der Waals surface area contributed by atoms with E-state index in [1.807, 2.05) is 0 Å². The molecule has 2 N–H and O–H groups in total. The topological polar surface area (TPSA) is 101 Å². The number of aliphatic carboxylic acids is 1. The van der Waals surface area contributed by atoms with Crippen LogP contribution in [-0.4, -0.2) is 33.6 Å². The van der Waals surface area contributed by atoms with E-state index in [4.69, 9.17) is 5.11 Å². The molecule has 0 saturated carbocycles. The summed E-state index contributed by atoms with van der Waals surface area (Å²) in [6, 6.07) is 0. The number of methoxy groups -OCH3 is 1. The highest BCUT2D eigenvalue weighted by Gasteiger charge is 2.09. The van der Waals surface area contributed by atoms with Crippen molar-refractivity contribution < 1.29 is 19.4 Å². The first-order valence-electron chi connectivity index (χ1n) is 3.51. The molecule has 0 fully saturated rings. The molecule has 8 heteroatoms. The number of nitrogens with zero attached hydrogens (tertiary/aromatic N) is 2. The Bertz CT molecular complexity index is 351. The molecule has 14 heavy (non-hydrogen) atoms. The maximum absolute atomic E-state index is 10.7. The maximum atomic E-state index is 10.7. The smallest absolute Gasteiger partial charge is 0.413 e. The van der Waals surface area contributed by atoms with Gasteiger partial charge in [0.2, 0.25) is 5.13 Å². The quantitative estimate of drug-likeness (QED) is 0.757. The Morgan fingerprint density at radius 2 is 2.36 bits per heavy atom. The van der Waals surface area contributed by atoms with Gasteiger partial charge in [-0.3, -0.25) is 10.1 Å². The van der Waals surface area contributed by atoms with E-state index in [1.54, 1.807) is 0 Å². The number of aromatic nitrogens is 2. The third-order valence-electron chi connectivity index (χ3n) is 1.17. The lowest BCUT2D eigenvalue weighted by molar-refractivity contribution is -0.136. The standard InChI is InChI=1S/C6H7N3O4S/c1-13-6(12)8-5-7-3(9-14-5)2-4(10)11/h2H2,1H3,(H,10,11)(H,7,8,9,12). The first-order valence-corrected chi connectivity index (χ1v) is 4.28. The highest BCUT2D eigenvalue weighted by molar-refractivity contribution is 7.09. The van der Waals surface area contributed by atoms with Crippen LogP contribution in [0.15, 0.2) is 0 Å². The molecule has 0 aliphatic carbocycles. The molecule has 1 heterocycles. The molecule has 0 saturated heterocycles. The first-order chi connectivity index (χ1) is 6.61. The van der Waals surface area contributed by atoms with Crippen LogP contribution in [0.1, 0.15) is 5.82 Å². The SMILES string of the molecule is COC(=O)Nc1nc(CC(=O)O)ns1. The molecule has 0 aromatic carbocycles. The van der Waals surface area contributed by atoms with E-state index in [9.17, 15) is 9.59 Å². The molecule has 1 amide bonds. The Morgan fingerprint density at radius 3 is 2.93 bits per heavy atom.